The summed E-state index contributed by atoms with van der Waals surface area (Å²) in [6, 6.07) is 0. The molecule has 0 bridgehead atoms. The maximum absolute atomic E-state index is 11.5. The Labute approximate surface area is 95.0 Å². The molecule has 2 heterocycles. The Balaban J connectivity index is 2.24. The third kappa shape index (κ3) is 1.59. The minimum Gasteiger partial charge on any atom is -0.481 e. The third-order valence-corrected chi connectivity index (χ3v) is 4.04. The summed E-state index contributed by atoms with van der Waals surface area (Å²) < 4.78 is 0. The van der Waals surface area contributed by atoms with E-state index in [1.165, 1.54) is 6.92 Å². The molecule has 0 saturated carbocycles. The van der Waals surface area contributed by atoms with E-state index in [1.807, 2.05) is 7.05 Å². The zero-order valence-electron chi connectivity index (χ0n) is 9.77. The molecule has 2 aliphatic heterocycles. The van der Waals surface area contributed by atoms with Gasteiger partial charge in [-0.05, 0) is 20.0 Å². The smallest absolute Gasteiger partial charge is 0.311 e. The quantitative estimate of drug-likeness (QED) is 0.676. The molecular formula is C11H18N2O3. The molecule has 1 N–H and O–H groups in total. The number of hydrogen-bond donors (Lipinski definition) is 1. The second-order valence-electron chi connectivity index (χ2n) is 5.07. The standard InChI is InChI=1S/C11H18N2O3/c1-8(14)13-6-9-5-12(2)4-3-11(9,7-13)10(15)16/h9H,3-7H2,1-2H3,(H,15,16)/t9-,11-/m0/s1. The van der Waals surface area contributed by atoms with E-state index in [1.54, 1.807) is 4.90 Å². The Morgan fingerprint density at radius 1 is 1.38 bits per heavy atom. The average Bonchev–Trinajstić information content (AvgIpc) is 2.57. The summed E-state index contributed by atoms with van der Waals surface area (Å²) in [5.74, 6) is -0.681. The van der Waals surface area contributed by atoms with Gasteiger partial charge in [0.15, 0.2) is 0 Å². The number of likely N-dealkylation sites (tertiary alicyclic amines) is 2. The second kappa shape index (κ2) is 3.73. The summed E-state index contributed by atoms with van der Waals surface area (Å²) in [5.41, 5.74) is -0.696. The summed E-state index contributed by atoms with van der Waals surface area (Å²) in [7, 11) is 2.00. The Bertz CT molecular complexity index is 331. The SMILES string of the molecule is CC(=O)N1C[C@@H]2CN(C)CC[C@]2(C(=O)O)C1. The van der Waals surface area contributed by atoms with Crippen LogP contribution in [-0.4, -0.2) is 60.0 Å². The lowest BCUT2D eigenvalue weighted by molar-refractivity contribution is -0.153. The predicted octanol–water partition coefficient (Wildman–Crippen LogP) is -0.129. The van der Waals surface area contributed by atoms with Crippen molar-refractivity contribution in [3.63, 3.8) is 0 Å². The Hall–Kier alpha value is -1.10. The number of piperidine rings is 1. The molecule has 16 heavy (non-hydrogen) atoms. The van der Waals surface area contributed by atoms with E-state index in [0.717, 1.165) is 13.1 Å². The van der Waals surface area contributed by atoms with Crippen LogP contribution in [0.4, 0.5) is 0 Å². The minimum absolute atomic E-state index is 0.0160. The zero-order chi connectivity index (χ0) is 11.9. The number of amides is 1. The van der Waals surface area contributed by atoms with Crippen molar-refractivity contribution < 1.29 is 14.7 Å². The number of carbonyl (C=O) groups excluding carboxylic acids is 1. The Morgan fingerprint density at radius 3 is 2.62 bits per heavy atom. The number of nitrogens with zero attached hydrogens (tertiary/aromatic N) is 2. The molecule has 0 aromatic heterocycles. The van der Waals surface area contributed by atoms with Crippen LogP contribution in [0.1, 0.15) is 13.3 Å². The van der Waals surface area contributed by atoms with Gasteiger partial charge in [-0.25, -0.2) is 0 Å². The van der Waals surface area contributed by atoms with E-state index >= 15 is 0 Å². The summed E-state index contributed by atoms with van der Waals surface area (Å²) in [4.78, 5) is 26.7. The van der Waals surface area contributed by atoms with Crippen molar-refractivity contribution in [2.24, 2.45) is 11.3 Å². The van der Waals surface area contributed by atoms with Crippen molar-refractivity contribution in [3.8, 4) is 0 Å². The number of hydrogen-bond acceptors (Lipinski definition) is 3. The van der Waals surface area contributed by atoms with Gasteiger partial charge in [-0.1, -0.05) is 0 Å². The molecule has 5 nitrogen and oxygen atoms in total. The molecular weight excluding hydrogens is 208 g/mol. The first-order chi connectivity index (χ1) is 7.45. The fourth-order valence-electron chi connectivity index (χ4n) is 2.94. The molecule has 90 valence electrons. The van der Waals surface area contributed by atoms with Crippen LogP contribution in [0.2, 0.25) is 0 Å². The van der Waals surface area contributed by atoms with Crippen LogP contribution < -0.4 is 0 Å². The number of carboxylic acids is 1. The lowest BCUT2D eigenvalue weighted by atomic mass is 9.73. The molecule has 0 unspecified atom stereocenters. The molecule has 2 rings (SSSR count). The number of rotatable bonds is 1. The Kier molecular flexibility index (Phi) is 2.66. The van der Waals surface area contributed by atoms with Gasteiger partial charge in [0.1, 0.15) is 0 Å². The van der Waals surface area contributed by atoms with Crippen molar-refractivity contribution in [2.45, 2.75) is 13.3 Å². The molecule has 5 heteroatoms. The van der Waals surface area contributed by atoms with Crippen LogP contribution in [0, 0.1) is 11.3 Å². The molecule has 2 atom stereocenters. The van der Waals surface area contributed by atoms with E-state index in [2.05, 4.69) is 4.90 Å². The summed E-state index contributed by atoms with van der Waals surface area (Å²) >= 11 is 0. The highest BCUT2D eigenvalue weighted by Gasteiger charge is 2.54. The van der Waals surface area contributed by atoms with Gasteiger partial charge in [0, 0.05) is 32.5 Å². The van der Waals surface area contributed by atoms with E-state index in [0.29, 0.717) is 19.5 Å². The van der Waals surface area contributed by atoms with Crippen LogP contribution >= 0.6 is 0 Å². The summed E-state index contributed by atoms with van der Waals surface area (Å²) in [6.07, 6.45) is 0.646. The first kappa shape index (κ1) is 11.4. The van der Waals surface area contributed by atoms with Gasteiger partial charge < -0.3 is 14.9 Å². The van der Waals surface area contributed by atoms with Gasteiger partial charge in [0.2, 0.25) is 5.91 Å². The first-order valence-electron chi connectivity index (χ1n) is 5.63. The topological polar surface area (TPSA) is 60.9 Å². The highest BCUT2D eigenvalue weighted by atomic mass is 16.4. The zero-order valence-corrected chi connectivity index (χ0v) is 9.77. The van der Waals surface area contributed by atoms with Crippen molar-refractivity contribution in [1.29, 1.82) is 0 Å². The van der Waals surface area contributed by atoms with E-state index in [9.17, 15) is 14.7 Å². The van der Waals surface area contributed by atoms with E-state index < -0.39 is 11.4 Å². The van der Waals surface area contributed by atoms with Crippen LogP contribution in [0.5, 0.6) is 0 Å². The van der Waals surface area contributed by atoms with Gasteiger partial charge in [0.25, 0.3) is 0 Å². The summed E-state index contributed by atoms with van der Waals surface area (Å²) in [6.45, 7) is 4.06. The molecule has 0 radical (unpaired) electrons. The minimum atomic E-state index is -0.741. The lowest BCUT2D eigenvalue weighted by Gasteiger charge is -2.38. The number of carboxylic acid groups (broad SMARTS) is 1. The fraction of sp³-hybridized carbons (Fsp3) is 0.818. The molecule has 0 spiro atoms. The van der Waals surface area contributed by atoms with Crippen LogP contribution in [0.15, 0.2) is 0 Å². The van der Waals surface area contributed by atoms with Gasteiger partial charge in [0.05, 0.1) is 5.41 Å². The lowest BCUT2D eigenvalue weighted by Crippen LogP contribution is -2.49. The third-order valence-electron chi connectivity index (χ3n) is 4.04. The van der Waals surface area contributed by atoms with Gasteiger partial charge in [-0.2, -0.15) is 0 Å². The van der Waals surface area contributed by atoms with Crippen LogP contribution in [0.25, 0.3) is 0 Å². The molecule has 0 aliphatic carbocycles. The summed E-state index contributed by atoms with van der Waals surface area (Å²) in [5, 5.41) is 9.43. The van der Waals surface area contributed by atoms with Gasteiger partial charge in [-0.15, -0.1) is 0 Å². The maximum atomic E-state index is 11.5. The van der Waals surface area contributed by atoms with Crippen molar-refractivity contribution in [3.05, 3.63) is 0 Å². The van der Waals surface area contributed by atoms with Gasteiger partial charge >= 0.3 is 5.97 Å². The second-order valence-corrected chi connectivity index (χ2v) is 5.07. The molecule has 2 saturated heterocycles. The van der Waals surface area contributed by atoms with Crippen molar-refractivity contribution in [2.75, 3.05) is 33.2 Å². The molecule has 2 fully saturated rings. The molecule has 0 aromatic rings. The van der Waals surface area contributed by atoms with Crippen LogP contribution in [0.3, 0.4) is 0 Å². The largest absolute Gasteiger partial charge is 0.481 e. The molecule has 1 amide bonds. The fourth-order valence-corrected chi connectivity index (χ4v) is 2.94. The highest BCUT2D eigenvalue weighted by molar-refractivity contribution is 5.80. The van der Waals surface area contributed by atoms with E-state index in [4.69, 9.17) is 0 Å². The Morgan fingerprint density at radius 2 is 2.06 bits per heavy atom. The van der Waals surface area contributed by atoms with Crippen molar-refractivity contribution >= 4 is 11.9 Å². The normalized spacial score (nSPS) is 34.9. The first-order valence-corrected chi connectivity index (χ1v) is 5.63. The highest BCUT2D eigenvalue weighted by Crippen LogP contribution is 2.42. The average molecular weight is 226 g/mol. The predicted molar refractivity (Wildman–Crippen MR) is 57.9 cm³/mol. The van der Waals surface area contributed by atoms with E-state index in [-0.39, 0.29) is 11.8 Å². The van der Waals surface area contributed by atoms with Gasteiger partial charge in [-0.3, -0.25) is 9.59 Å². The molecule has 0 aromatic carbocycles. The number of carbonyl (C=O) groups is 2. The molecule has 2 aliphatic rings. The van der Waals surface area contributed by atoms with Crippen molar-refractivity contribution in [1.82, 2.24) is 9.80 Å². The monoisotopic (exact) mass is 226 g/mol. The van der Waals surface area contributed by atoms with Crippen LogP contribution in [-0.2, 0) is 9.59 Å². The maximum Gasteiger partial charge on any atom is 0.311 e. The number of aliphatic carboxylic acids is 1. The number of fused-ring (bicyclic) bond motifs is 1.